The third-order valence-corrected chi connectivity index (χ3v) is 7.44. The molecule has 2 aromatic heterocycles. The number of thiazole rings is 1. The number of aryl methyl sites for hydroxylation is 1. The quantitative estimate of drug-likeness (QED) is 0.235. The molecule has 1 unspecified atom stereocenters. The number of nitrogens with one attached hydrogen (secondary N) is 1. The zero-order chi connectivity index (χ0) is 29.2. The van der Waals surface area contributed by atoms with Gasteiger partial charge in [0.15, 0.2) is 17.4 Å². The summed E-state index contributed by atoms with van der Waals surface area (Å²) in [5.74, 6) is -7.65. The Morgan fingerprint density at radius 3 is 2.45 bits per heavy atom. The second kappa shape index (κ2) is 11.5. The molecule has 0 radical (unpaired) electrons. The van der Waals surface area contributed by atoms with Crippen molar-refractivity contribution in [2.45, 2.75) is 38.4 Å². The summed E-state index contributed by atoms with van der Waals surface area (Å²) in [5.41, 5.74) is -1.36. The average Bonchev–Trinajstić information content (AvgIpc) is 3.50. The number of carbonyl (C=O) groups is 4. The van der Waals surface area contributed by atoms with Crippen LogP contribution < -0.4 is 5.32 Å². The third kappa shape index (κ3) is 6.35. The number of rotatable bonds is 8. The number of likely N-dealkylation sites (tertiary alicyclic amines) is 1. The topological polar surface area (TPSA) is 134 Å². The molecule has 3 heterocycles. The number of halogens is 4. The molecule has 1 aliphatic rings. The number of carboxylic acids is 1. The fourth-order valence-corrected chi connectivity index (χ4v) is 5.23. The standard InChI is InChI=1S/C25H23F4N5O5S/c1-13-10-17(25(27,28)29)32-34(13)11-19(35)33-8-6-14(7-9-33)23-31-18(12-40-23)30-22(37)20(24(38)39)21(36)15-4-2-3-5-16(15)26/h2-5,10,12,14,20H,6-9,11H2,1H3,(H,30,37)(H,38,39). The van der Waals surface area contributed by atoms with Crippen molar-refractivity contribution in [3.63, 3.8) is 0 Å². The van der Waals surface area contributed by atoms with Crippen LogP contribution in [0.4, 0.5) is 23.4 Å². The minimum Gasteiger partial charge on any atom is -0.480 e. The van der Waals surface area contributed by atoms with Gasteiger partial charge in [0, 0.05) is 30.1 Å². The van der Waals surface area contributed by atoms with E-state index in [1.165, 1.54) is 40.7 Å². The Morgan fingerprint density at radius 2 is 1.85 bits per heavy atom. The summed E-state index contributed by atoms with van der Waals surface area (Å²) < 4.78 is 53.7. The number of carbonyl (C=O) groups excluding carboxylic acids is 3. The first-order valence-corrected chi connectivity index (χ1v) is 12.9. The molecule has 0 bridgehead atoms. The predicted octanol–water partition coefficient (Wildman–Crippen LogP) is 3.73. The zero-order valence-corrected chi connectivity index (χ0v) is 21.8. The monoisotopic (exact) mass is 581 g/mol. The summed E-state index contributed by atoms with van der Waals surface area (Å²) in [7, 11) is 0. The van der Waals surface area contributed by atoms with Gasteiger partial charge >= 0.3 is 12.1 Å². The minimum absolute atomic E-state index is 0.0331. The number of nitrogens with zero attached hydrogens (tertiary/aromatic N) is 4. The third-order valence-electron chi connectivity index (χ3n) is 6.44. The van der Waals surface area contributed by atoms with E-state index in [-0.39, 0.29) is 29.9 Å². The van der Waals surface area contributed by atoms with Crippen LogP contribution in [-0.4, -0.2) is 61.4 Å². The van der Waals surface area contributed by atoms with Crippen LogP contribution in [-0.2, 0) is 27.1 Å². The highest BCUT2D eigenvalue weighted by Crippen LogP contribution is 2.32. The largest absolute Gasteiger partial charge is 0.480 e. The molecule has 15 heteroatoms. The van der Waals surface area contributed by atoms with Crippen LogP contribution >= 0.6 is 11.3 Å². The first kappa shape index (κ1) is 28.9. The number of benzene rings is 1. The van der Waals surface area contributed by atoms with E-state index in [0.29, 0.717) is 30.9 Å². The number of hydrogen-bond acceptors (Lipinski definition) is 7. The lowest BCUT2D eigenvalue weighted by atomic mass is 9.96. The van der Waals surface area contributed by atoms with Crippen LogP contribution in [0.5, 0.6) is 0 Å². The number of carboxylic acid groups (broad SMARTS) is 1. The summed E-state index contributed by atoms with van der Waals surface area (Å²) in [6, 6.07) is 5.63. The molecule has 40 heavy (non-hydrogen) atoms. The lowest BCUT2D eigenvalue weighted by molar-refractivity contribution is -0.143. The maximum Gasteiger partial charge on any atom is 0.435 e. The van der Waals surface area contributed by atoms with E-state index >= 15 is 0 Å². The molecule has 4 rings (SSSR count). The minimum atomic E-state index is -4.60. The van der Waals surface area contributed by atoms with E-state index in [4.69, 9.17) is 0 Å². The molecule has 212 valence electrons. The number of alkyl halides is 3. The fourth-order valence-electron chi connectivity index (χ4n) is 4.30. The highest BCUT2D eigenvalue weighted by Gasteiger charge is 2.37. The van der Waals surface area contributed by atoms with Crippen molar-refractivity contribution in [1.29, 1.82) is 0 Å². The van der Waals surface area contributed by atoms with Gasteiger partial charge in [-0.05, 0) is 38.0 Å². The van der Waals surface area contributed by atoms with Gasteiger partial charge in [-0.2, -0.15) is 18.3 Å². The van der Waals surface area contributed by atoms with Crippen molar-refractivity contribution >= 4 is 40.7 Å². The molecule has 1 fully saturated rings. The molecular weight excluding hydrogens is 558 g/mol. The molecule has 1 aromatic carbocycles. The fraction of sp³-hybridized carbons (Fsp3) is 0.360. The van der Waals surface area contributed by atoms with E-state index in [2.05, 4.69) is 15.4 Å². The lowest BCUT2D eigenvalue weighted by Crippen LogP contribution is -2.40. The van der Waals surface area contributed by atoms with Crippen LogP contribution in [0.15, 0.2) is 35.7 Å². The first-order chi connectivity index (χ1) is 18.8. The van der Waals surface area contributed by atoms with Crippen LogP contribution in [0.3, 0.4) is 0 Å². The van der Waals surface area contributed by atoms with E-state index in [0.717, 1.165) is 22.9 Å². The molecular formula is C25H23F4N5O5S. The van der Waals surface area contributed by atoms with Crippen molar-refractivity contribution < 1.29 is 41.8 Å². The average molecular weight is 582 g/mol. The normalized spacial score (nSPS) is 15.1. The molecule has 0 aliphatic carbocycles. The highest BCUT2D eigenvalue weighted by atomic mass is 32.1. The SMILES string of the molecule is Cc1cc(C(F)(F)F)nn1CC(=O)N1CCC(c2nc(NC(=O)C(C(=O)O)C(=O)c3ccccc3F)cs2)CC1. The predicted molar refractivity (Wildman–Crippen MR) is 133 cm³/mol. The van der Waals surface area contributed by atoms with Crippen LogP contribution in [0.1, 0.15) is 45.5 Å². The second-order valence-corrected chi connectivity index (χ2v) is 10.0. The molecule has 1 saturated heterocycles. The molecule has 2 amide bonds. The van der Waals surface area contributed by atoms with Gasteiger partial charge < -0.3 is 15.3 Å². The molecule has 2 N–H and O–H groups in total. The smallest absolute Gasteiger partial charge is 0.435 e. The van der Waals surface area contributed by atoms with Gasteiger partial charge in [-0.25, -0.2) is 9.37 Å². The van der Waals surface area contributed by atoms with Gasteiger partial charge in [-0.3, -0.25) is 23.9 Å². The van der Waals surface area contributed by atoms with Crippen molar-refractivity contribution in [2.24, 2.45) is 5.92 Å². The number of aromatic nitrogens is 3. The molecule has 10 nitrogen and oxygen atoms in total. The van der Waals surface area contributed by atoms with E-state index in [1.807, 2.05) is 0 Å². The van der Waals surface area contributed by atoms with Gasteiger partial charge in [0.2, 0.25) is 11.8 Å². The summed E-state index contributed by atoms with van der Waals surface area (Å²) in [6.07, 6.45) is -3.60. The number of hydrogen-bond donors (Lipinski definition) is 2. The van der Waals surface area contributed by atoms with Crippen molar-refractivity contribution in [2.75, 3.05) is 18.4 Å². The van der Waals surface area contributed by atoms with Crippen molar-refractivity contribution in [3.8, 4) is 0 Å². The van der Waals surface area contributed by atoms with Crippen LogP contribution in [0.2, 0.25) is 0 Å². The van der Waals surface area contributed by atoms with E-state index in [9.17, 15) is 41.8 Å². The molecule has 3 aromatic rings. The zero-order valence-electron chi connectivity index (χ0n) is 20.9. The summed E-state index contributed by atoms with van der Waals surface area (Å²) >= 11 is 1.20. The highest BCUT2D eigenvalue weighted by molar-refractivity contribution is 7.10. The Bertz CT molecular complexity index is 1450. The summed E-state index contributed by atoms with van der Waals surface area (Å²) in [6.45, 7) is 1.77. The Balaban J connectivity index is 1.34. The molecule has 1 atom stereocenters. The Morgan fingerprint density at radius 1 is 1.18 bits per heavy atom. The number of piperidine rings is 1. The summed E-state index contributed by atoms with van der Waals surface area (Å²) in [4.78, 5) is 55.4. The molecule has 1 aliphatic heterocycles. The molecule has 0 spiro atoms. The Hall–Kier alpha value is -4.14. The summed E-state index contributed by atoms with van der Waals surface area (Å²) in [5, 5.41) is 17.4. The number of anilines is 1. The van der Waals surface area contributed by atoms with Crippen molar-refractivity contribution in [1.82, 2.24) is 19.7 Å². The Labute approximate surface area is 228 Å². The number of Topliss-reactive ketones (excluding diaryl/α,β-unsaturated/α-hetero) is 1. The van der Waals surface area contributed by atoms with E-state index in [1.54, 1.807) is 0 Å². The number of amides is 2. The Kier molecular flexibility index (Phi) is 8.32. The van der Waals surface area contributed by atoms with Gasteiger partial charge in [-0.1, -0.05) is 12.1 Å². The van der Waals surface area contributed by atoms with E-state index < -0.39 is 46.8 Å². The van der Waals surface area contributed by atoms with Gasteiger partial charge in [0.1, 0.15) is 18.2 Å². The lowest BCUT2D eigenvalue weighted by Gasteiger charge is -2.31. The first-order valence-electron chi connectivity index (χ1n) is 12.0. The van der Waals surface area contributed by atoms with Gasteiger partial charge in [0.25, 0.3) is 0 Å². The van der Waals surface area contributed by atoms with Crippen LogP contribution in [0.25, 0.3) is 0 Å². The van der Waals surface area contributed by atoms with Gasteiger partial charge in [-0.15, -0.1) is 11.3 Å². The van der Waals surface area contributed by atoms with Gasteiger partial charge in [0.05, 0.1) is 10.6 Å². The number of ketones is 1. The maximum absolute atomic E-state index is 14.0. The second-order valence-electron chi connectivity index (χ2n) is 9.16. The van der Waals surface area contributed by atoms with Crippen molar-refractivity contribution in [3.05, 3.63) is 63.5 Å². The molecule has 0 saturated carbocycles. The number of aliphatic carboxylic acids is 1. The maximum atomic E-state index is 14.0. The van der Waals surface area contributed by atoms with Crippen LogP contribution in [0, 0.1) is 18.7 Å².